The molecule has 1 aromatic heterocycles. The third kappa shape index (κ3) is 7.39. The Bertz CT molecular complexity index is 479. The van der Waals surface area contributed by atoms with Crippen molar-refractivity contribution in [1.29, 1.82) is 0 Å². The van der Waals surface area contributed by atoms with Gasteiger partial charge in [-0.2, -0.15) is 0 Å². The van der Waals surface area contributed by atoms with Crippen molar-refractivity contribution in [3.05, 3.63) is 21.9 Å². The van der Waals surface area contributed by atoms with Gasteiger partial charge in [0.15, 0.2) is 5.96 Å². The predicted molar refractivity (Wildman–Crippen MR) is 112 cm³/mol. The van der Waals surface area contributed by atoms with E-state index in [1.54, 1.807) is 0 Å². The topological polar surface area (TPSA) is 39.7 Å². The second kappa shape index (κ2) is 10.5. The van der Waals surface area contributed by atoms with E-state index in [-0.39, 0.29) is 24.0 Å². The molecule has 0 spiro atoms. The third-order valence-electron chi connectivity index (χ3n) is 4.11. The zero-order valence-electron chi connectivity index (χ0n) is 14.8. The summed E-state index contributed by atoms with van der Waals surface area (Å²) >= 11 is 1.83. The smallest absolute Gasteiger partial charge is 0.191 e. The van der Waals surface area contributed by atoms with Crippen LogP contribution < -0.4 is 10.6 Å². The van der Waals surface area contributed by atoms with Crippen molar-refractivity contribution >= 4 is 41.3 Å². The predicted octanol–water partition coefficient (Wildman–Crippen LogP) is 3.32. The first-order valence-electron chi connectivity index (χ1n) is 8.29. The zero-order valence-corrected chi connectivity index (χ0v) is 17.9. The molecule has 2 rings (SSSR count). The van der Waals surface area contributed by atoms with Crippen molar-refractivity contribution in [2.45, 2.75) is 33.7 Å². The van der Waals surface area contributed by atoms with Crippen LogP contribution in [0.4, 0.5) is 0 Å². The first-order valence-corrected chi connectivity index (χ1v) is 9.10. The Morgan fingerprint density at radius 1 is 1.26 bits per heavy atom. The van der Waals surface area contributed by atoms with Crippen molar-refractivity contribution in [2.75, 3.05) is 33.2 Å². The summed E-state index contributed by atoms with van der Waals surface area (Å²) in [5.41, 5.74) is 0. The molecule has 2 heterocycles. The van der Waals surface area contributed by atoms with E-state index in [4.69, 9.17) is 0 Å². The van der Waals surface area contributed by atoms with E-state index >= 15 is 0 Å². The molecule has 0 aliphatic carbocycles. The number of aryl methyl sites for hydroxylation is 1. The van der Waals surface area contributed by atoms with Gasteiger partial charge in [0.05, 0.1) is 6.54 Å². The summed E-state index contributed by atoms with van der Waals surface area (Å²) < 4.78 is 0. The molecule has 0 saturated carbocycles. The average molecular weight is 450 g/mol. The number of nitrogens with zero attached hydrogens (tertiary/aromatic N) is 2. The highest BCUT2D eigenvalue weighted by atomic mass is 127. The van der Waals surface area contributed by atoms with Crippen LogP contribution in [0.1, 0.15) is 30.0 Å². The van der Waals surface area contributed by atoms with Crippen LogP contribution >= 0.6 is 35.3 Å². The summed E-state index contributed by atoms with van der Waals surface area (Å²) in [4.78, 5) is 9.58. The molecular weight excluding hydrogens is 419 g/mol. The molecule has 1 aliphatic heterocycles. The first-order chi connectivity index (χ1) is 10.6. The molecule has 0 radical (unpaired) electrons. The number of hydrogen-bond donors (Lipinski definition) is 2. The summed E-state index contributed by atoms with van der Waals surface area (Å²) in [5, 5.41) is 6.81. The Morgan fingerprint density at radius 3 is 2.52 bits per heavy atom. The van der Waals surface area contributed by atoms with E-state index in [0.29, 0.717) is 0 Å². The molecule has 1 aromatic rings. The fourth-order valence-corrected chi connectivity index (χ4v) is 4.11. The summed E-state index contributed by atoms with van der Waals surface area (Å²) in [5.74, 6) is 2.54. The number of hydrogen-bond acceptors (Lipinski definition) is 3. The Morgan fingerprint density at radius 2 is 1.96 bits per heavy atom. The van der Waals surface area contributed by atoms with Crippen LogP contribution in [-0.4, -0.2) is 44.1 Å². The first kappa shape index (κ1) is 20.7. The van der Waals surface area contributed by atoms with Gasteiger partial charge in [0, 0.05) is 43.0 Å². The molecule has 0 aromatic carbocycles. The van der Waals surface area contributed by atoms with Crippen LogP contribution in [0.5, 0.6) is 0 Å². The third-order valence-corrected chi connectivity index (χ3v) is 5.12. The summed E-state index contributed by atoms with van der Waals surface area (Å²) in [6, 6.07) is 4.34. The van der Waals surface area contributed by atoms with Gasteiger partial charge < -0.3 is 15.5 Å². The van der Waals surface area contributed by atoms with Crippen LogP contribution in [0.2, 0.25) is 0 Å². The van der Waals surface area contributed by atoms with Gasteiger partial charge in [-0.3, -0.25) is 4.99 Å². The molecule has 1 saturated heterocycles. The van der Waals surface area contributed by atoms with E-state index < -0.39 is 0 Å². The normalized spacial score (nSPS) is 22.5. The molecule has 2 atom stereocenters. The maximum absolute atomic E-state index is 4.30. The zero-order chi connectivity index (χ0) is 15.9. The minimum atomic E-state index is 0. The monoisotopic (exact) mass is 450 g/mol. The minimum absolute atomic E-state index is 0. The van der Waals surface area contributed by atoms with Crippen LogP contribution in [0.25, 0.3) is 0 Å². The Hall–Kier alpha value is -0.340. The van der Waals surface area contributed by atoms with Crippen LogP contribution in [-0.2, 0) is 6.54 Å². The second-order valence-electron chi connectivity index (χ2n) is 6.57. The Kier molecular flexibility index (Phi) is 9.46. The maximum Gasteiger partial charge on any atom is 0.191 e. The Labute approximate surface area is 162 Å². The van der Waals surface area contributed by atoms with Crippen molar-refractivity contribution in [3.63, 3.8) is 0 Å². The summed E-state index contributed by atoms with van der Waals surface area (Å²) in [6.45, 7) is 12.2. The molecule has 6 heteroatoms. The van der Waals surface area contributed by atoms with Crippen molar-refractivity contribution < 1.29 is 0 Å². The highest BCUT2D eigenvalue weighted by molar-refractivity contribution is 14.0. The molecule has 132 valence electrons. The minimum Gasteiger partial charge on any atom is -0.355 e. The lowest BCUT2D eigenvalue weighted by Crippen LogP contribution is -2.45. The van der Waals surface area contributed by atoms with Gasteiger partial charge >= 0.3 is 0 Å². The van der Waals surface area contributed by atoms with Crippen LogP contribution in [0, 0.1) is 18.8 Å². The standard InChI is InChI=1S/C17H30N4S.HI/c1-13-9-14(2)12-21(11-13)8-7-19-17(18-4)20-10-16-6-5-15(3)22-16;/h5-6,13-14H,7-12H2,1-4H3,(H2,18,19,20);1H. The van der Waals surface area contributed by atoms with Gasteiger partial charge in [-0.25, -0.2) is 0 Å². The maximum atomic E-state index is 4.30. The number of halogens is 1. The molecular formula is C17H31IN4S. The van der Waals surface area contributed by atoms with E-state index in [1.165, 1.54) is 29.3 Å². The number of likely N-dealkylation sites (tertiary alicyclic amines) is 1. The van der Waals surface area contributed by atoms with E-state index in [0.717, 1.165) is 37.4 Å². The summed E-state index contributed by atoms with van der Waals surface area (Å²) in [7, 11) is 1.83. The second-order valence-corrected chi connectivity index (χ2v) is 7.94. The molecule has 0 bridgehead atoms. The average Bonchev–Trinajstić information content (AvgIpc) is 2.87. The van der Waals surface area contributed by atoms with Crippen molar-refractivity contribution in [2.24, 2.45) is 16.8 Å². The Balaban J connectivity index is 0.00000264. The largest absolute Gasteiger partial charge is 0.355 e. The van der Waals surface area contributed by atoms with Gasteiger partial charge in [-0.1, -0.05) is 13.8 Å². The molecule has 0 amide bonds. The van der Waals surface area contributed by atoms with Crippen LogP contribution in [0.15, 0.2) is 17.1 Å². The van der Waals surface area contributed by atoms with E-state index in [9.17, 15) is 0 Å². The molecule has 1 fully saturated rings. The van der Waals surface area contributed by atoms with Gasteiger partial charge in [-0.05, 0) is 37.3 Å². The van der Waals surface area contributed by atoms with Crippen molar-refractivity contribution in [1.82, 2.24) is 15.5 Å². The quantitative estimate of drug-likeness (QED) is 0.411. The highest BCUT2D eigenvalue weighted by Crippen LogP contribution is 2.20. The fraction of sp³-hybridized carbons (Fsp3) is 0.706. The lowest BCUT2D eigenvalue weighted by Gasteiger charge is -2.35. The van der Waals surface area contributed by atoms with Gasteiger partial charge in [0.1, 0.15) is 0 Å². The highest BCUT2D eigenvalue weighted by Gasteiger charge is 2.21. The fourth-order valence-electron chi connectivity index (χ4n) is 3.28. The SMILES string of the molecule is CN=C(NCCN1CC(C)CC(C)C1)NCc1ccc(C)s1.I. The van der Waals surface area contributed by atoms with Gasteiger partial charge in [0.2, 0.25) is 0 Å². The molecule has 2 N–H and O–H groups in total. The van der Waals surface area contributed by atoms with E-state index in [1.807, 2.05) is 18.4 Å². The number of nitrogens with one attached hydrogen (secondary N) is 2. The number of thiophene rings is 1. The molecule has 23 heavy (non-hydrogen) atoms. The molecule has 4 nitrogen and oxygen atoms in total. The summed E-state index contributed by atoms with van der Waals surface area (Å²) in [6.07, 6.45) is 1.37. The van der Waals surface area contributed by atoms with Gasteiger partial charge in [-0.15, -0.1) is 35.3 Å². The van der Waals surface area contributed by atoms with Crippen molar-refractivity contribution in [3.8, 4) is 0 Å². The lowest BCUT2D eigenvalue weighted by atomic mass is 9.92. The van der Waals surface area contributed by atoms with Gasteiger partial charge in [0.25, 0.3) is 0 Å². The molecule has 1 aliphatic rings. The molecule has 2 unspecified atom stereocenters. The van der Waals surface area contributed by atoms with Crippen LogP contribution in [0.3, 0.4) is 0 Å². The number of piperidine rings is 1. The lowest BCUT2D eigenvalue weighted by molar-refractivity contribution is 0.143. The van der Waals surface area contributed by atoms with E-state index in [2.05, 4.69) is 53.4 Å². The number of aliphatic imine (C=N–C) groups is 1. The number of rotatable bonds is 5. The number of guanidine groups is 1.